The van der Waals surface area contributed by atoms with Crippen LogP contribution in [0.5, 0.6) is 0 Å². The fraction of sp³-hybridized carbons (Fsp3) is 0.688. The molecule has 4 nitrogen and oxygen atoms in total. The number of pyridine rings is 1. The fourth-order valence-corrected chi connectivity index (χ4v) is 2.79. The monoisotopic (exact) mass is 276 g/mol. The molecule has 1 atom stereocenters. The Labute approximate surface area is 123 Å². The van der Waals surface area contributed by atoms with Crippen LogP contribution >= 0.6 is 0 Å². The molecule has 1 fully saturated rings. The number of hydrogen-bond donors (Lipinski definition) is 1. The molecule has 1 aromatic rings. The summed E-state index contributed by atoms with van der Waals surface area (Å²) in [6.07, 6.45) is 1.22. The summed E-state index contributed by atoms with van der Waals surface area (Å²) in [7, 11) is 2.24. The highest BCUT2D eigenvalue weighted by atomic mass is 15.3. The summed E-state index contributed by atoms with van der Waals surface area (Å²) in [4.78, 5) is 9.77. The normalized spacial score (nSPS) is 21.2. The van der Waals surface area contributed by atoms with Gasteiger partial charge in [0.1, 0.15) is 0 Å². The predicted molar refractivity (Wildman–Crippen MR) is 83.6 cm³/mol. The molecule has 2 rings (SSSR count). The Bertz CT molecular complexity index is 407. The Morgan fingerprint density at radius 2 is 2.05 bits per heavy atom. The smallest absolute Gasteiger partial charge is 0.0547 e. The second kappa shape index (κ2) is 7.72. The molecule has 4 heteroatoms. The average molecular weight is 276 g/mol. The lowest BCUT2D eigenvalue weighted by Crippen LogP contribution is -2.50. The molecule has 1 N–H and O–H groups in total. The molecule has 1 aliphatic rings. The molecule has 1 aromatic heterocycles. The molecule has 20 heavy (non-hydrogen) atoms. The molecule has 0 saturated carbocycles. The molecule has 112 valence electrons. The Kier molecular flexibility index (Phi) is 5.95. The van der Waals surface area contributed by atoms with Gasteiger partial charge in [-0.25, -0.2) is 0 Å². The highest BCUT2D eigenvalue weighted by Gasteiger charge is 2.22. The van der Waals surface area contributed by atoms with Crippen molar-refractivity contribution in [2.45, 2.75) is 39.4 Å². The fourth-order valence-electron chi connectivity index (χ4n) is 2.79. The van der Waals surface area contributed by atoms with E-state index in [1.807, 2.05) is 0 Å². The average Bonchev–Trinajstić information content (AvgIpc) is 2.47. The minimum atomic E-state index is 0.689. The van der Waals surface area contributed by atoms with Gasteiger partial charge >= 0.3 is 0 Å². The number of likely N-dealkylation sites (N-methyl/N-ethyl adjacent to an activating group) is 1. The maximum atomic E-state index is 4.76. The van der Waals surface area contributed by atoms with Crippen LogP contribution in [-0.2, 0) is 13.1 Å². The van der Waals surface area contributed by atoms with Crippen LogP contribution in [0.3, 0.4) is 0 Å². The van der Waals surface area contributed by atoms with Crippen molar-refractivity contribution in [3.05, 3.63) is 29.6 Å². The molecule has 0 amide bonds. The summed E-state index contributed by atoms with van der Waals surface area (Å²) in [5.74, 6) is 0. The van der Waals surface area contributed by atoms with E-state index < -0.39 is 0 Å². The first-order chi connectivity index (χ1) is 9.72. The maximum absolute atomic E-state index is 4.76. The van der Waals surface area contributed by atoms with Crippen molar-refractivity contribution in [2.75, 3.05) is 33.2 Å². The third-order valence-corrected chi connectivity index (χ3v) is 4.14. The molecule has 1 aliphatic heterocycles. The molecule has 2 heterocycles. The molecular weight excluding hydrogens is 248 g/mol. The first-order valence-electron chi connectivity index (χ1n) is 7.81. The topological polar surface area (TPSA) is 31.4 Å². The summed E-state index contributed by atoms with van der Waals surface area (Å²) < 4.78 is 0. The van der Waals surface area contributed by atoms with Crippen LogP contribution in [-0.4, -0.2) is 54.1 Å². The predicted octanol–water partition coefficient (Wildman–Crippen LogP) is 1.72. The Morgan fingerprint density at radius 1 is 1.25 bits per heavy atom. The van der Waals surface area contributed by atoms with E-state index in [9.17, 15) is 0 Å². The number of hydrogen-bond acceptors (Lipinski definition) is 4. The van der Waals surface area contributed by atoms with Gasteiger partial charge in [-0.2, -0.15) is 0 Å². The zero-order valence-electron chi connectivity index (χ0n) is 13.1. The zero-order chi connectivity index (χ0) is 14.4. The van der Waals surface area contributed by atoms with Gasteiger partial charge in [0.15, 0.2) is 0 Å². The SMILES string of the molecule is CCNCc1cccc(CN2CCN(C)C(CC)C2)n1. The highest BCUT2D eigenvalue weighted by molar-refractivity contribution is 5.11. The standard InChI is InChI=1S/C16H28N4/c1-4-16-13-20(10-9-19(16)3)12-15-8-6-7-14(18-15)11-17-5-2/h6-8,16-17H,4-5,9-13H2,1-3H3. The number of nitrogens with zero attached hydrogens (tertiary/aromatic N) is 3. The maximum Gasteiger partial charge on any atom is 0.0547 e. The number of piperazine rings is 1. The summed E-state index contributed by atoms with van der Waals surface area (Å²) in [5.41, 5.74) is 2.34. The second-order valence-electron chi connectivity index (χ2n) is 5.68. The van der Waals surface area contributed by atoms with Crippen LogP contribution in [0.25, 0.3) is 0 Å². The van der Waals surface area contributed by atoms with E-state index in [0.29, 0.717) is 6.04 Å². The molecule has 0 bridgehead atoms. The third-order valence-electron chi connectivity index (χ3n) is 4.14. The lowest BCUT2D eigenvalue weighted by Gasteiger charge is -2.39. The van der Waals surface area contributed by atoms with Gasteiger partial charge in [0.2, 0.25) is 0 Å². The summed E-state index contributed by atoms with van der Waals surface area (Å²) in [6.45, 7) is 10.7. The Morgan fingerprint density at radius 3 is 2.80 bits per heavy atom. The van der Waals surface area contributed by atoms with Crippen LogP contribution in [0.4, 0.5) is 0 Å². The van der Waals surface area contributed by atoms with Gasteiger partial charge in [-0.05, 0) is 32.1 Å². The van der Waals surface area contributed by atoms with Gasteiger partial charge in [0.05, 0.1) is 11.4 Å². The molecule has 0 aliphatic carbocycles. The van der Waals surface area contributed by atoms with Gasteiger partial charge < -0.3 is 10.2 Å². The van der Waals surface area contributed by atoms with Crippen LogP contribution in [0.2, 0.25) is 0 Å². The Balaban J connectivity index is 1.92. The van der Waals surface area contributed by atoms with E-state index in [1.165, 1.54) is 12.1 Å². The Hall–Kier alpha value is -0.970. The van der Waals surface area contributed by atoms with E-state index >= 15 is 0 Å². The number of nitrogens with one attached hydrogen (secondary N) is 1. The minimum Gasteiger partial charge on any atom is -0.311 e. The van der Waals surface area contributed by atoms with Gasteiger partial charge in [-0.15, -0.1) is 0 Å². The highest BCUT2D eigenvalue weighted by Crippen LogP contribution is 2.13. The summed E-state index contributed by atoms with van der Waals surface area (Å²) >= 11 is 0. The third kappa shape index (κ3) is 4.27. The first kappa shape index (κ1) is 15.4. The minimum absolute atomic E-state index is 0.689. The van der Waals surface area contributed by atoms with Crippen molar-refractivity contribution in [1.82, 2.24) is 20.1 Å². The quantitative estimate of drug-likeness (QED) is 0.857. The molecule has 0 radical (unpaired) electrons. The van der Waals surface area contributed by atoms with Crippen LogP contribution in [0.1, 0.15) is 31.7 Å². The van der Waals surface area contributed by atoms with E-state index in [2.05, 4.69) is 54.2 Å². The number of rotatable bonds is 6. The summed E-state index contributed by atoms with van der Waals surface area (Å²) in [6, 6.07) is 7.07. The van der Waals surface area contributed by atoms with Gasteiger partial charge in [0, 0.05) is 38.8 Å². The van der Waals surface area contributed by atoms with E-state index in [0.717, 1.165) is 45.0 Å². The lowest BCUT2D eigenvalue weighted by atomic mass is 10.1. The van der Waals surface area contributed by atoms with Gasteiger partial charge in [-0.3, -0.25) is 9.88 Å². The second-order valence-corrected chi connectivity index (χ2v) is 5.68. The molecule has 1 saturated heterocycles. The van der Waals surface area contributed by atoms with E-state index in [1.54, 1.807) is 0 Å². The first-order valence-corrected chi connectivity index (χ1v) is 7.81. The lowest BCUT2D eigenvalue weighted by molar-refractivity contribution is 0.0875. The molecular formula is C16H28N4. The van der Waals surface area contributed by atoms with Crippen molar-refractivity contribution in [3.63, 3.8) is 0 Å². The van der Waals surface area contributed by atoms with Crippen LogP contribution < -0.4 is 5.32 Å². The van der Waals surface area contributed by atoms with Crippen LogP contribution in [0.15, 0.2) is 18.2 Å². The molecule has 0 spiro atoms. The largest absolute Gasteiger partial charge is 0.311 e. The van der Waals surface area contributed by atoms with E-state index in [4.69, 9.17) is 4.98 Å². The van der Waals surface area contributed by atoms with Crippen molar-refractivity contribution >= 4 is 0 Å². The van der Waals surface area contributed by atoms with Gasteiger partial charge in [-0.1, -0.05) is 19.9 Å². The van der Waals surface area contributed by atoms with E-state index in [-0.39, 0.29) is 0 Å². The van der Waals surface area contributed by atoms with Crippen molar-refractivity contribution in [3.8, 4) is 0 Å². The van der Waals surface area contributed by atoms with Crippen molar-refractivity contribution in [1.29, 1.82) is 0 Å². The van der Waals surface area contributed by atoms with Crippen LogP contribution in [0, 0.1) is 0 Å². The number of aromatic nitrogens is 1. The van der Waals surface area contributed by atoms with Gasteiger partial charge in [0.25, 0.3) is 0 Å². The zero-order valence-corrected chi connectivity index (χ0v) is 13.1. The summed E-state index contributed by atoms with van der Waals surface area (Å²) in [5, 5.41) is 3.33. The van der Waals surface area contributed by atoms with Crippen molar-refractivity contribution in [2.24, 2.45) is 0 Å². The van der Waals surface area contributed by atoms with Crippen molar-refractivity contribution < 1.29 is 0 Å². The molecule has 0 aromatic carbocycles. The molecule has 1 unspecified atom stereocenters.